The number of nitrogens with zero attached hydrogens (tertiary/aromatic N) is 4. The Bertz CT molecular complexity index is 1040. The predicted octanol–water partition coefficient (Wildman–Crippen LogP) is 4.02. The lowest BCUT2D eigenvalue weighted by molar-refractivity contribution is 0.0976. The monoisotopic (exact) mass is 388 g/mol. The van der Waals surface area contributed by atoms with Crippen LogP contribution < -0.4 is 4.90 Å². The Kier molecular flexibility index (Phi) is 4.39. The number of aromatic nitrogens is 3. The molecular formula is C19H15ClF2N4O. The fraction of sp³-hybridized carbons (Fsp3) is 0.211. The molecule has 27 heavy (non-hydrogen) atoms. The molecule has 0 radical (unpaired) electrons. The highest BCUT2D eigenvalue weighted by Crippen LogP contribution is 2.34. The maximum absolute atomic E-state index is 14.0. The van der Waals surface area contributed by atoms with Crippen molar-refractivity contribution >= 4 is 23.2 Å². The second-order valence-electron chi connectivity index (χ2n) is 6.47. The highest BCUT2D eigenvalue weighted by Gasteiger charge is 2.34. The molecule has 1 aromatic carbocycles. The van der Waals surface area contributed by atoms with Gasteiger partial charge < -0.3 is 4.90 Å². The Labute approximate surface area is 159 Å². The number of fused-ring (bicyclic) bond motifs is 1. The Hall–Kier alpha value is -2.80. The SMILES string of the molecule is C[C@@H]1CN(c2cc(F)ncc2Cl)C(=O)c2cnn(Cc3ccccc3F)c21. The van der Waals surface area contributed by atoms with Crippen molar-refractivity contribution < 1.29 is 13.6 Å². The van der Waals surface area contributed by atoms with Crippen molar-refractivity contribution in [3.05, 3.63) is 76.3 Å². The van der Waals surface area contributed by atoms with Crippen LogP contribution in [-0.2, 0) is 6.54 Å². The Morgan fingerprint density at radius 1 is 1.26 bits per heavy atom. The molecule has 2 aromatic heterocycles. The Balaban J connectivity index is 1.71. The lowest BCUT2D eigenvalue weighted by Crippen LogP contribution is -2.40. The average Bonchev–Trinajstić information content (AvgIpc) is 3.07. The van der Waals surface area contributed by atoms with E-state index in [4.69, 9.17) is 11.6 Å². The van der Waals surface area contributed by atoms with Crippen LogP contribution in [0.3, 0.4) is 0 Å². The van der Waals surface area contributed by atoms with Crippen molar-refractivity contribution in [1.29, 1.82) is 0 Å². The second-order valence-corrected chi connectivity index (χ2v) is 6.87. The molecule has 0 fully saturated rings. The van der Waals surface area contributed by atoms with E-state index < -0.39 is 5.95 Å². The minimum Gasteiger partial charge on any atom is -0.306 e. The molecule has 1 atom stereocenters. The largest absolute Gasteiger partial charge is 0.306 e. The number of hydrogen-bond acceptors (Lipinski definition) is 3. The molecule has 1 aliphatic rings. The fourth-order valence-electron chi connectivity index (χ4n) is 3.40. The summed E-state index contributed by atoms with van der Waals surface area (Å²) in [6.45, 7) is 2.46. The van der Waals surface area contributed by atoms with E-state index >= 15 is 0 Å². The van der Waals surface area contributed by atoms with E-state index in [1.165, 1.54) is 23.4 Å². The predicted molar refractivity (Wildman–Crippen MR) is 97.0 cm³/mol. The van der Waals surface area contributed by atoms with E-state index in [0.29, 0.717) is 17.7 Å². The molecular weight excluding hydrogens is 374 g/mol. The molecule has 0 unspecified atom stereocenters. The zero-order valence-corrected chi connectivity index (χ0v) is 15.1. The Morgan fingerprint density at radius 2 is 2.04 bits per heavy atom. The van der Waals surface area contributed by atoms with Gasteiger partial charge in [-0.15, -0.1) is 0 Å². The van der Waals surface area contributed by atoms with Crippen LogP contribution in [0.25, 0.3) is 0 Å². The lowest BCUT2D eigenvalue weighted by Gasteiger charge is -2.32. The summed E-state index contributed by atoms with van der Waals surface area (Å²) in [6, 6.07) is 7.59. The highest BCUT2D eigenvalue weighted by atomic mass is 35.5. The molecule has 0 N–H and O–H groups in total. The average molecular weight is 389 g/mol. The van der Waals surface area contributed by atoms with E-state index in [1.807, 2.05) is 6.92 Å². The molecule has 0 spiro atoms. The maximum Gasteiger partial charge on any atom is 0.261 e. The van der Waals surface area contributed by atoms with Crippen LogP contribution in [0.4, 0.5) is 14.5 Å². The van der Waals surface area contributed by atoms with Crippen LogP contribution in [0, 0.1) is 11.8 Å². The summed E-state index contributed by atoms with van der Waals surface area (Å²) in [5.41, 5.74) is 1.89. The number of pyridine rings is 1. The van der Waals surface area contributed by atoms with Crippen LogP contribution in [0.15, 0.2) is 42.7 Å². The van der Waals surface area contributed by atoms with E-state index in [2.05, 4.69) is 10.1 Å². The van der Waals surface area contributed by atoms with Crippen LogP contribution in [0.5, 0.6) is 0 Å². The van der Waals surface area contributed by atoms with Crippen molar-refractivity contribution in [2.24, 2.45) is 0 Å². The first-order chi connectivity index (χ1) is 13.0. The topological polar surface area (TPSA) is 51.0 Å². The summed E-state index contributed by atoms with van der Waals surface area (Å²) in [6.07, 6.45) is 2.65. The van der Waals surface area contributed by atoms with Gasteiger partial charge >= 0.3 is 0 Å². The summed E-state index contributed by atoms with van der Waals surface area (Å²) in [5, 5.41) is 4.48. The van der Waals surface area contributed by atoms with Gasteiger partial charge in [0.05, 0.1) is 40.9 Å². The van der Waals surface area contributed by atoms with Gasteiger partial charge in [0.2, 0.25) is 5.95 Å². The molecule has 0 aliphatic carbocycles. The third-order valence-corrected chi connectivity index (χ3v) is 4.94. The van der Waals surface area contributed by atoms with Gasteiger partial charge in [0.1, 0.15) is 5.82 Å². The number of hydrogen-bond donors (Lipinski definition) is 0. The molecule has 5 nitrogen and oxygen atoms in total. The van der Waals surface area contributed by atoms with Gasteiger partial charge in [0.15, 0.2) is 0 Å². The smallest absolute Gasteiger partial charge is 0.261 e. The fourth-order valence-corrected chi connectivity index (χ4v) is 3.61. The van der Waals surface area contributed by atoms with Crippen LogP contribution in [0.2, 0.25) is 5.02 Å². The van der Waals surface area contributed by atoms with E-state index in [-0.39, 0.29) is 34.9 Å². The van der Waals surface area contributed by atoms with Crippen LogP contribution in [-0.4, -0.2) is 27.2 Å². The third kappa shape index (κ3) is 3.08. The number of halogens is 3. The van der Waals surface area contributed by atoms with E-state index in [1.54, 1.807) is 22.9 Å². The van der Waals surface area contributed by atoms with Gasteiger partial charge in [-0.3, -0.25) is 9.48 Å². The van der Waals surface area contributed by atoms with Crippen LogP contribution >= 0.6 is 11.6 Å². The normalized spacial score (nSPS) is 16.5. The summed E-state index contributed by atoms with van der Waals surface area (Å²) < 4.78 is 29.2. The number of amides is 1. The minimum absolute atomic E-state index is 0.0979. The third-order valence-electron chi connectivity index (χ3n) is 4.65. The molecule has 8 heteroatoms. The molecule has 0 saturated heterocycles. The quantitative estimate of drug-likeness (QED) is 0.637. The number of carbonyl (C=O) groups is 1. The highest BCUT2D eigenvalue weighted by molar-refractivity contribution is 6.34. The summed E-state index contributed by atoms with van der Waals surface area (Å²) >= 11 is 6.11. The number of benzene rings is 1. The zero-order chi connectivity index (χ0) is 19.1. The summed E-state index contributed by atoms with van der Waals surface area (Å²) in [5.74, 6) is -1.46. The number of anilines is 1. The molecule has 0 bridgehead atoms. The summed E-state index contributed by atoms with van der Waals surface area (Å²) in [7, 11) is 0. The van der Waals surface area contributed by atoms with Gasteiger partial charge in [-0.1, -0.05) is 36.7 Å². The molecule has 1 amide bonds. The van der Waals surface area contributed by atoms with Crippen molar-refractivity contribution in [2.75, 3.05) is 11.4 Å². The van der Waals surface area contributed by atoms with Gasteiger partial charge in [0.25, 0.3) is 5.91 Å². The van der Waals surface area contributed by atoms with Gasteiger partial charge in [-0.05, 0) is 6.07 Å². The summed E-state index contributed by atoms with van der Waals surface area (Å²) in [4.78, 5) is 17.9. The molecule has 138 valence electrons. The molecule has 3 heterocycles. The maximum atomic E-state index is 14.0. The van der Waals surface area contributed by atoms with Gasteiger partial charge in [-0.25, -0.2) is 9.37 Å². The molecule has 1 aliphatic heterocycles. The molecule has 4 rings (SSSR count). The van der Waals surface area contributed by atoms with Crippen molar-refractivity contribution in [2.45, 2.75) is 19.4 Å². The van der Waals surface area contributed by atoms with Crippen molar-refractivity contribution in [3.8, 4) is 0 Å². The standard InChI is InChI=1S/C19H15ClF2N4O/c1-11-9-25(16-6-17(22)23-8-14(16)20)19(27)13-7-24-26(18(11)13)10-12-4-2-3-5-15(12)21/h2-8,11H,9-10H2,1H3/t11-/m1/s1. The van der Waals surface area contributed by atoms with Crippen molar-refractivity contribution in [3.63, 3.8) is 0 Å². The first-order valence-corrected chi connectivity index (χ1v) is 8.75. The van der Waals surface area contributed by atoms with E-state index in [0.717, 1.165) is 11.8 Å². The zero-order valence-electron chi connectivity index (χ0n) is 14.4. The minimum atomic E-state index is -0.712. The molecule has 3 aromatic rings. The first kappa shape index (κ1) is 17.6. The number of carbonyl (C=O) groups excluding carboxylic acids is 1. The molecule has 0 saturated carbocycles. The Morgan fingerprint density at radius 3 is 2.81 bits per heavy atom. The first-order valence-electron chi connectivity index (χ1n) is 8.37. The van der Waals surface area contributed by atoms with Gasteiger partial charge in [-0.2, -0.15) is 9.49 Å². The van der Waals surface area contributed by atoms with Crippen molar-refractivity contribution in [1.82, 2.24) is 14.8 Å². The lowest BCUT2D eigenvalue weighted by atomic mass is 9.96. The van der Waals surface area contributed by atoms with E-state index in [9.17, 15) is 13.6 Å². The number of rotatable bonds is 3. The van der Waals surface area contributed by atoms with Crippen LogP contribution in [0.1, 0.15) is 34.5 Å². The second kappa shape index (κ2) is 6.74. The van der Waals surface area contributed by atoms with Gasteiger partial charge in [0, 0.05) is 24.1 Å².